The number of aromatic nitrogens is 1. The number of amides is 2. The summed E-state index contributed by atoms with van der Waals surface area (Å²) in [5.74, 6) is -0.830. The maximum atomic E-state index is 13.2. The predicted molar refractivity (Wildman–Crippen MR) is 170 cm³/mol. The SMILES string of the molecule is CNc1nc(OCC(F)F)c(C(=O)Nc2ccc(Br)cc2)cc1NC(=S)Nc1cc(CNC(=O)C(C)(C)C)ccc1Cl. The number of pyridine rings is 1. The molecule has 1 aromatic heterocycles. The van der Waals surface area contributed by atoms with Gasteiger partial charge in [-0.05, 0) is 60.2 Å². The number of rotatable bonds is 10. The largest absolute Gasteiger partial charge is 0.471 e. The highest BCUT2D eigenvalue weighted by Crippen LogP contribution is 2.30. The van der Waals surface area contributed by atoms with Crippen molar-refractivity contribution in [1.29, 1.82) is 0 Å². The predicted octanol–water partition coefficient (Wildman–Crippen LogP) is 6.91. The Morgan fingerprint density at radius 1 is 1.05 bits per heavy atom. The fraction of sp³-hybridized carbons (Fsp3) is 0.286. The maximum Gasteiger partial charge on any atom is 0.272 e. The van der Waals surface area contributed by atoms with Crippen LogP contribution < -0.4 is 31.3 Å². The van der Waals surface area contributed by atoms with Gasteiger partial charge in [0.1, 0.15) is 5.56 Å². The Kier molecular flexibility index (Phi) is 11.4. The fourth-order valence-electron chi connectivity index (χ4n) is 3.43. The molecule has 9 nitrogen and oxygen atoms in total. The first-order valence-electron chi connectivity index (χ1n) is 12.6. The fourth-order valence-corrected chi connectivity index (χ4v) is 4.08. The molecule has 0 unspecified atom stereocenters. The molecule has 14 heteroatoms. The number of hydrogen-bond acceptors (Lipinski definition) is 6. The Balaban J connectivity index is 1.84. The van der Waals surface area contributed by atoms with Crippen LogP contribution in [0.15, 0.2) is 53.0 Å². The highest BCUT2D eigenvalue weighted by molar-refractivity contribution is 9.10. The molecule has 3 rings (SSSR count). The molecule has 0 bridgehead atoms. The van der Waals surface area contributed by atoms with Crippen molar-refractivity contribution in [2.24, 2.45) is 5.41 Å². The van der Waals surface area contributed by atoms with Crippen molar-refractivity contribution in [2.75, 3.05) is 34.9 Å². The van der Waals surface area contributed by atoms with E-state index in [1.54, 1.807) is 49.5 Å². The topological polar surface area (TPSA) is 116 Å². The van der Waals surface area contributed by atoms with Crippen LogP contribution in [0.5, 0.6) is 5.88 Å². The van der Waals surface area contributed by atoms with Gasteiger partial charge in [-0.1, -0.05) is 54.4 Å². The van der Waals surface area contributed by atoms with E-state index < -0.39 is 24.4 Å². The summed E-state index contributed by atoms with van der Waals surface area (Å²) in [4.78, 5) is 29.7. The van der Waals surface area contributed by atoms with E-state index in [9.17, 15) is 18.4 Å². The van der Waals surface area contributed by atoms with Crippen LogP contribution in [0.3, 0.4) is 0 Å². The van der Waals surface area contributed by atoms with Gasteiger partial charge in [0.15, 0.2) is 17.5 Å². The number of thiocarbonyl (C=S) groups is 1. The van der Waals surface area contributed by atoms with Gasteiger partial charge < -0.3 is 31.3 Å². The molecular weight excluding hydrogens is 654 g/mol. The van der Waals surface area contributed by atoms with Crippen LogP contribution in [-0.4, -0.2) is 42.0 Å². The van der Waals surface area contributed by atoms with Crippen molar-refractivity contribution >= 4 is 79.6 Å². The van der Waals surface area contributed by atoms with Crippen LogP contribution in [0.4, 0.5) is 31.7 Å². The summed E-state index contributed by atoms with van der Waals surface area (Å²) >= 11 is 15.2. The Morgan fingerprint density at radius 3 is 2.33 bits per heavy atom. The summed E-state index contributed by atoms with van der Waals surface area (Å²) in [6.45, 7) is 4.80. The van der Waals surface area contributed by atoms with E-state index in [4.69, 9.17) is 28.6 Å². The van der Waals surface area contributed by atoms with Gasteiger partial charge >= 0.3 is 0 Å². The summed E-state index contributed by atoms with van der Waals surface area (Å²) < 4.78 is 31.9. The normalized spacial score (nSPS) is 11.1. The molecule has 5 N–H and O–H groups in total. The zero-order valence-corrected chi connectivity index (χ0v) is 26.4. The minimum atomic E-state index is -2.77. The molecule has 1 heterocycles. The average molecular weight is 684 g/mol. The number of nitrogens with one attached hydrogen (secondary N) is 5. The van der Waals surface area contributed by atoms with Gasteiger partial charge in [-0.3, -0.25) is 9.59 Å². The Bertz CT molecular complexity index is 1450. The van der Waals surface area contributed by atoms with Crippen molar-refractivity contribution in [3.8, 4) is 5.88 Å². The first-order chi connectivity index (χ1) is 19.8. The lowest BCUT2D eigenvalue weighted by Gasteiger charge is -2.19. The molecule has 224 valence electrons. The summed E-state index contributed by atoms with van der Waals surface area (Å²) in [6, 6.07) is 13.4. The van der Waals surface area contributed by atoms with E-state index in [0.29, 0.717) is 16.4 Å². The zero-order valence-electron chi connectivity index (χ0n) is 23.2. The molecule has 0 saturated carbocycles. The quantitative estimate of drug-likeness (QED) is 0.147. The van der Waals surface area contributed by atoms with Gasteiger partial charge in [-0.2, -0.15) is 4.98 Å². The van der Waals surface area contributed by atoms with Gasteiger partial charge in [-0.25, -0.2) is 8.78 Å². The molecule has 3 aromatic rings. The molecule has 2 amide bonds. The number of nitrogens with zero attached hydrogens (tertiary/aromatic N) is 1. The van der Waals surface area contributed by atoms with Crippen LogP contribution >= 0.6 is 39.7 Å². The third kappa shape index (κ3) is 9.50. The second-order valence-electron chi connectivity index (χ2n) is 9.98. The zero-order chi connectivity index (χ0) is 31.0. The smallest absolute Gasteiger partial charge is 0.272 e. The second-order valence-corrected chi connectivity index (χ2v) is 11.7. The van der Waals surface area contributed by atoms with Gasteiger partial charge in [-0.15, -0.1) is 0 Å². The van der Waals surface area contributed by atoms with Gasteiger partial charge in [0.25, 0.3) is 12.3 Å². The van der Waals surface area contributed by atoms with Crippen LogP contribution in [-0.2, 0) is 11.3 Å². The number of hydrogen-bond donors (Lipinski definition) is 5. The molecule has 0 aliphatic carbocycles. The molecule has 0 atom stereocenters. The molecule has 0 aliphatic rings. The summed E-state index contributed by atoms with van der Waals surface area (Å²) in [6.07, 6.45) is -2.77. The third-order valence-corrected chi connectivity index (χ3v) is 6.64. The van der Waals surface area contributed by atoms with Crippen LogP contribution in [0.2, 0.25) is 5.02 Å². The monoisotopic (exact) mass is 682 g/mol. The maximum absolute atomic E-state index is 13.2. The van der Waals surface area contributed by atoms with E-state index in [-0.39, 0.29) is 40.5 Å². The summed E-state index contributed by atoms with van der Waals surface area (Å²) in [5.41, 5.74) is 1.36. The van der Waals surface area contributed by atoms with Gasteiger partial charge in [0.05, 0.1) is 16.4 Å². The van der Waals surface area contributed by atoms with E-state index in [1.165, 1.54) is 6.07 Å². The van der Waals surface area contributed by atoms with Crippen molar-refractivity contribution in [3.63, 3.8) is 0 Å². The number of alkyl halides is 2. The molecule has 42 heavy (non-hydrogen) atoms. The van der Waals surface area contributed by atoms with Crippen LogP contribution in [0.1, 0.15) is 36.7 Å². The molecular formula is C28H30BrClF2N6O3S. The molecule has 0 aliphatic heterocycles. The number of benzene rings is 2. The average Bonchev–Trinajstić information content (AvgIpc) is 2.92. The summed E-state index contributed by atoms with van der Waals surface area (Å²) in [5, 5.41) is 14.9. The number of ether oxygens (including phenoxy) is 1. The highest BCUT2D eigenvalue weighted by Gasteiger charge is 2.22. The first-order valence-corrected chi connectivity index (χ1v) is 14.2. The lowest BCUT2D eigenvalue weighted by Crippen LogP contribution is -2.34. The lowest BCUT2D eigenvalue weighted by atomic mass is 9.95. The van der Waals surface area contributed by atoms with Crippen molar-refractivity contribution < 1.29 is 23.1 Å². The number of carbonyl (C=O) groups excluding carboxylic acids is 2. The molecule has 0 saturated heterocycles. The van der Waals surface area contributed by atoms with E-state index in [2.05, 4.69) is 47.5 Å². The highest BCUT2D eigenvalue weighted by atomic mass is 79.9. The van der Waals surface area contributed by atoms with Gasteiger partial charge in [0, 0.05) is 29.2 Å². The summed E-state index contributed by atoms with van der Waals surface area (Å²) in [7, 11) is 1.56. The number of anilines is 4. The van der Waals surface area contributed by atoms with Crippen molar-refractivity contribution in [1.82, 2.24) is 10.3 Å². The minimum Gasteiger partial charge on any atom is -0.471 e. The minimum absolute atomic E-state index is 0.0995. The third-order valence-electron chi connectivity index (χ3n) is 5.58. The number of carbonyl (C=O) groups is 2. The van der Waals surface area contributed by atoms with Crippen molar-refractivity contribution in [2.45, 2.75) is 33.7 Å². The Hall–Kier alpha value is -3.55. The van der Waals surface area contributed by atoms with Crippen molar-refractivity contribution in [3.05, 3.63) is 69.2 Å². The molecule has 0 fully saturated rings. The second kappa shape index (κ2) is 14.6. The van der Waals surface area contributed by atoms with E-state index in [1.807, 2.05) is 20.8 Å². The first kappa shape index (κ1) is 33.0. The lowest BCUT2D eigenvalue weighted by molar-refractivity contribution is -0.128. The number of halogens is 4. The van der Waals surface area contributed by atoms with Crippen LogP contribution in [0.25, 0.3) is 0 Å². The molecule has 2 aromatic carbocycles. The Morgan fingerprint density at radius 2 is 1.71 bits per heavy atom. The molecule has 0 radical (unpaired) electrons. The molecule has 0 spiro atoms. The van der Waals surface area contributed by atoms with Gasteiger partial charge in [0.2, 0.25) is 11.8 Å². The van der Waals surface area contributed by atoms with E-state index in [0.717, 1.165) is 10.0 Å². The Labute approximate surface area is 261 Å². The van der Waals surface area contributed by atoms with E-state index >= 15 is 0 Å². The van der Waals surface area contributed by atoms with Crippen LogP contribution in [0, 0.1) is 5.41 Å². The standard InChI is InChI=1S/C28H30BrClF2N6O3S/c1-28(2,3)26(40)34-13-15-5-10-19(30)20(11-15)36-27(42)37-21-12-18(24(39)35-17-8-6-16(29)7-9-17)25(38-23(21)33-4)41-14-22(31)32/h5-12,22H,13-14H2,1-4H3,(H,33,38)(H,34,40)(H,35,39)(H2,36,37,42).